The van der Waals surface area contributed by atoms with Crippen molar-refractivity contribution < 1.29 is 28.0 Å². The van der Waals surface area contributed by atoms with Gasteiger partial charge in [0.05, 0.1) is 24.5 Å². The van der Waals surface area contributed by atoms with Gasteiger partial charge in [0.2, 0.25) is 23.6 Å². The molecule has 0 saturated carbocycles. The smallest absolute Gasteiger partial charge is 0.251 e. The van der Waals surface area contributed by atoms with E-state index < -0.39 is 10.8 Å². The first-order valence-corrected chi connectivity index (χ1v) is 31.6. The summed E-state index contributed by atoms with van der Waals surface area (Å²) < 4.78 is 27.3. The van der Waals surface area contributed by atoms with Gasteiger partial charge in [-0.15, -0.1) is 0 Å². The Morgan fingerprint density at radius 2 is 0.895 bits per heavy atom. The van der Waals surface area contributed by atoms with E-state index in [0.717, 1.165) is 112 Å². The van der Waals surface area contributed by atoms with E-state index in [0.29, 0.717) is 76.1 Å². The normalized spacial score (nSPS) is 24.5. The van der Waals surface area contributed by atoms with Gasteiger partial charge in [-0.1, -0.05) is 64.8 Å². The Bertz CT molecular complexity index is 2990. The fourth-order valence-electron chi connectivity index (χ4n) is 14.1. The molecule has 4 saturated heterocycles. The molecule has 4 amide bonds. The number of anilines is 2. The highest BCUT2D eigenvalue weighted by molar-refractivity contribution is 5.98. The summed E-state index contributed by atoms with van der Waals surface area (Å²) in [5.74, 6) is -0.328. The van der Waals surface area contributed by atoms with E-state index in [1.54, 1.807) is 24.3 Å². The van der Waals surface area contributed by atoms with Gasteiger partial charge in [-0.25, -0.2) is 8.78 Å². The number of hydrogen-bond acceptors (Lipinski definition) is 12. The molecule has 4 fully saturated rings. The molecule has 0 radical (unpaired) electrons. The van der Waals surface area contributed by atoms with E-state index in [1.807, 2.05) is 59.4 Å². The lowest BCUT2D eigenvalue weighted by molar-refractivity contribution is -0.135. The summed E-state index contributed by atoms with van der Waals surface area (Å²) in [4.78, 5) is 106. The second kappa shape index (κ2) is 26.7. The van der Waals surface area contributed by atoms with Crippen LogP contribution in [0.15, 0.2) is 70.3 Å². The largest absolute Gasteiger partial charge is 0.340 e. The Hall–Kier alpha value is -6.16. The minimum absolute atomic E-state index is 0.00997. The summed E-state index contributed by atoms with van der Waals surface area (Å²) in [6.45, 7) is 26.9. The van der Waals surface area contributed by atoms with Crippen LogP contribution < -0.4 is 31.6 Å². The topological polar surface area (TPSA) is 184 Å². The molecule has 0 bridgehead atoms. The number of aromatic amines is 2. The first-order chi connectivity index (χ1) is 41.0. The van der Waals surface area contributed by atoms with Crippen LogP contribution in [-0.2, 0) is 42.8 Å². The maximum absolute atomic E-state index is 14.4. The monoisotopic (exact) mass is 1190 g/mol. The number of nitrogens with zero attached hydrogens (tertiary/aromatic N) is 8. The van der Waals surface area contributed by atoms with Crippen LogP contribution in [0.4, 0.5) is 20.2 Å². The maximum Gasteiger partial charge on any atom is 0.251 e. The molecule has 0 aliphatic carbocycles. The molecule has 20 heteroatoms. The number of carbonyl (C=O) groups is 4. The lowest BCUT2D eigenvalue weighted by atomic mass is 9.91. The van der Waals surface area contributed by atoms with Crippen LogP contribution in [0.3, 0.4) is 0 Å². The number of carbonyl (C=O) groups excluding carboxylic acids is 4. The Morgan fingerprint density at radius 3 is 1.27 bits per heavy atom. The number of aromatic nitrogens is 2. The standard InChI is InChI=1S/C66H92F2N12O6/c1-43-33-77(39-59(83)79-41-65(5,6)61-55(79)29-49(63(85)71-61)27-47-15-19-51(67)20-16-47)53(31-69-43)37-73-23-25-75(35-45(73)3)57(81)13-11-9-10-12-14-58(82)76-26-24-74(46(4)36-76)38-54-32-70-44(2)34-78(54)40-60(84)80-42-66(7,8)62-56(80)30-50(64(86)72-62)28-48-17-21-52(68)22-18-48/h15-22,29-30,43-46,53-54,69-70H,9-14,23-28,31-42H2,1-8H3,(H,71,85)(H,72,86)/t43-,44-,45?,46?,53-,54-/m1/s1. The second-order valence-electron chi connectivity index (χ2n) is 27.2. The van der Waals surface area contributed by atoms with Gasteiger partial charge in [0.25, 0.3) is 11.1 Å². The number of amides is 4. The van der Waals surface area contributed by atoms with Gasteiger partial charge in [-0.05, 0) is 88.1 Å². The average molecular weight is 1190 g/mol. The number of rotatable bonds is 19. The average Bonchev–Trinajstić information content (AvgIpc) is 1.67. The third-order valence-electron chi connectivity index (χ3n) is 19.2. The number of unbranched alkanes of at least 4 members (excludes halogenated alkanes) is 3. The summed E-state index contributed by atoms with van der Waals surface area (Å²) in [5, 5.41) is 7.27. The molecule has 466 valence electrons. The summed E-state index contributed by atoms with van der Waals surface area (Å²) in [6, 6.07) is 16.9. The van der Waals surface area contributed by atoms with Crippen molar-refractivity contribution in [1.29, 1.82) is 0 Å². The summed E-state index contributed by atoms with van der Waals surface area (Å²) >= 11 is 0. The molecule has 0 spiro atoms. The summed E-state index contributed by atoms with van der Waals surface area (Å²) in [7, 11) is 0. The van der Waals surface area contributed by atoms with E-state index >= 15 is 0 Å². The Morgan fingerprint density at radius 1 is 0.512 bits per heavy atom. The van der Waals surface area contributed by atoms with Crippen molar-refractivity contribution in [3.8, 4) is 0 Å². The minimum Gasteiger partial charge on any atom is -0.340 e. The van der Waals surface area contributed by atoms with Crippen LogP contribution in [-0.4, -0.2) is 204 Å². The molecule has 6 aliphatic heterocycles. The second-order valence-corrected chi connectivity index (χ2v) is 27.2. The number of piperazine rings is 4. The highest BCUT2D eigenvalue weighted by Gasteiger charge is 2.43. The first kappa shape index (κ1) is 62.9. The molecule has 18 nitrogen and oxygen atoms in total. The van der Waals surface area contributed by atoms with Crippen LogP contribution in [0.1, 0.15) is 128 Å². The molecule has 6 aliphatic rings. The van der Waals surface area contributed by atoms with E-state index in [1.165, 1.54) is 24.3 Å². The predicted octanol–water partition coefficient (Wildman–Crippen LogP) is 5.20. The van der Waals surface area contributed by atoms with Crippen molar-refractivity contribution in [3.05, 3.63) is 127 Å². The zero-order valence-electron chi connectivity index (χ0n) is 52.0. The molecule has 10 rings (SSSR count). The molecular weight excluding hydrogens is 1090 g/mol. The number of fused-ring (bicyclic) bond motifs is 2. The lowest BCUT2D eigenvalue weighted by Gasteiger charge is -2.45. The third-order valence-corrected chi connectivity index (χ3v) is 19.2. The molecule has 2 aromatic carbocycles. The molecule has 8 heterocycles. The number of pyridine rings is 2. The molecule has 6 atom stereocenters. The van der Waals surface area contributed by atoms with Gasteiger partial charge in [0, 0.05) is 187 Å². The van der Waals surface area contributed by atoms with Gasteiger partial charge >= 0.3 is 0 Å². The number of halogens is 2. The summed E-state index contributed by atoms with van der Waals surface area (Å²) in [5.41, 5.74) is 4.39. The van der Waals surface area contributed by atoms with Crippen molar-refractivity contribution in [2.24, 2.45) is 0 Å². The first-order valence-electron chi connectivity index (χ1n) is 31.6. The van der Waals surface area contributed by atoms with Crippen LogP contribution in [0.2, 0.25) is 0 Å². The highest BCUT2D eigenvalue weighted by atomic mass is 19.1. The van der Waals surface area contributed by atoms with Crippen LogP contribution >= 0.6 is 0 Å². The minimum atomic E-state index is -0.440. The molecule has 86 heavy (non-hydrogen) atoms. The Kier molecular flexibility index (Phi) is 19.5. The van der Waals surface area contributed by atoms with E-state index in [4.69, 9.17) is 0 Å². The van der Waals surface area contributed by atoms with Gasteiger partial charge in [0.1, 0.15) is 11.6 Å². The van der Waals surface area contributed by atoms with E-state index in [2.05, 4.69) is 67.9 Å². The van der Waals surface area contributed by atoms with Crippen LogP contribution in [0.5, 0.6) is 0 Å². The fourth-order valence-corrected chi connectivity index (χ4v) is 14.1. The number of nitrogens with one attached hydrogen (secondary N) is 4. The zero-order chi connectivity index (χ0) is 61.2. The van der Waals surface area contributed by atoms with Gasteiger partial charge in [0.15, 0.2) is 0 Å². The molecule has 4 aromatic rings. The molecule has 2 aromatic heterocycles. The van der Waals surface area contributed by atoms with E-state index in [-0.39, 0.29) is 95.7 Å². The summed E-state index contributed by atoms with van der Waals surface area (Å²) in [6.07, 6.45) is 5.01. The molecule has 4 N–H and O–H groups in total. The SMILES string of the molecule is CC1CN(C(=O)CCCCCCC(=O)N2CCN(C[C@H]3CN[C@H](C)CN3CC(=O)N3CC(C)(C)c4[nH]c(=O)c(Cc5ccc(F)cc5)cc43)C(C)C2)CCN1C[C@H]1CN[C@H](C)CN1CC(=O)N1CC(C)(C)c2[nH]c(=O)c(Cc3ccc(F)cc3)cc21. The fraction of sp³-hybridized carbons (Fsp3) is 0.606. The van der Waals surface area contributed by atoms with E-state index in [9.17, 15) is 37.5 Å². The van der Waals surface area contributed by atoms with Gasteiger partial charge < -0.3 is 40.2 Å². The number of H-pyrrole nitrogens is 2. The van der Waals surface area contributed by atoms with Crippen molar-refractivity contribution in [2.45, 2.75) is 154 Å². The maximum atomic E-state index is 14.4. The Balaban J connectivity index is 0.634. The van der Waals surface area contributed by atoms with Crippen molar-refractivity contribution >= 4 is 35.0 Å². The number of hydrogen-bond donors (Lipinski definition) is 4. The quantitative estimate of drug-likeness (QED) is 0.0903. The van der Waals surface area contributed by atoms with Crippen molar-refractivity contribution in [1.82, 2.24) is 50.0 Å². The van der Waals surface area contributed by atoms with Crippen LogP contribution in [0, 0.1) is 11.6 Å². The predicted molar refractivity (Wildman–Crippen MR) is 332 cm³/mol. The van der Waals surface area contributed by atoms with Crippen molar-refractivity contribution in [2.75, 3.05) is 115 Å². The van der Waals surface area contributed by atoms with Gasteiger partial charge in [-0.3, -0.25) is 48.4 Å². The highest BCUT2D eigenvalue weighted by Crippen LogP contribution is 2.41. The molecular formula is C66H92F2N12O6. The molecule has 2 unspecified atom stereocenters. The van der Waals surface area contributed by atoms with Gasteiger partial charge in [-0.2, -0.15) is 0 Å². The van der Waals surface area contributed by atoms with Crippen molar-refractivity contribution in [3.63, 3.8) is 0 Å². The third kappa shape index (κ3) is 14.7. The van der Waals surface area contributed by atoms with Crippen LogP contribution in [0.25, 0.3) is 0 Å². The zero-order valence-corrected chi connectivity index (χ0v) is 52.0. The lowest BCUT2D eigenvalue weighted by Crippen LogP contribution is -2.63. The number of benzene rings is 2. The Labute approximate surface area is 506 Å².